The molecule has 0 heterocycles. The van der Waals surface area contributed by atoms with Gasteiger partial charge in [-0.2, -0.15) is 0 Å². The molecular formula is C10H17NO4. The van der Waals surface area contributed by atoms with Crippen LogP contribution in [0.2, 0.25) is 0 Å². The van der Waals surface area contributed by atoms with Gasteiger partial charge >= 0.3 is 5.97 Å². The summed E-state index contributed by atoms with van der Waals surface area (Å²) in [6.07, 6.45) is 2.98. The monoisotopic (exact) mass is 215 g/mol. The van der Waals surface area contributed by atoms with E-state index >= 15 is 0 Å². The van der Waals surface area contributed by atoms with Crippen molar-refractivity contribution in [2.45, 2.75) is 32.1 Å². The molecule has 0 unspecified atom stereocenters. The Morgan fingerprint density at radius 3 is 2.33 bits per heavy atom. The van der Waals surface area contributed by atoms with E-state index in [2.05, 4.69) is 0 Å². The first-order valence-electron chi connectivity index (χ1n) is 5.06. The lowest BCUT2D eigenvalue weighted by molar-refractivity contribution is -0.174. The van der Waals surface area contributed by atoms with Gasteiger partial charge in [0.15, 0.2) is 0 Å². The van der Waals surface area contributed by atoms with E-state index < -0.39 is 11.4 Å². The van der Waals surface area contributed by atoms with Crippen LogP contribution >= 0.6 is 0 Å². The van der Waals surface area contributed by atoms with Gasteiger partial charge in [0, 0.05) is 13.5 Å². The molecule has 1 rings (SSSR count). The van der Waals surface area contributed by atoms with Crippen LogP contribution in [0.25, 0.3) is 0 Å². The van der Waals surface area contributed by atoms with Crippen molar-refractivity contribution in [3.63, 3.8) is 0 Å². The molecule has 1 aliphatic rings. The predicted octanol–water partition coefficient (Wildman–Crippen LogP) is 1.04. The van der Waals surface area contributed by atoms with Crippen LogP contribution in [0.5, 0.6) is 0 Å². The number of hydrogen-bond acceptors (Lipinski definition) is 3. The Morgan fingerprint density at radius 1 is 1.40 bits per heavy atom. The summed E-state index contributed by atoms with van der Waals surface area (Å²) >= 11 is 0. The quantitative estimate of drug-likeness (QED) is 0.711. The minimum Gasteiger partial charge on any atom is -0.481 e. The Bertz CT molecular complexity index is 258. The summed E-state index contributed by atoms with van der Waals surface area (Å²) in [4.78, 5) is 27.5. The number of amides is 1. The summed E-state index contributed by atoms with van der Waals surface area (Å²) in [7, 11) is 2.88. The number of aliphatic carboxylic acids is 1. The predicted molar refractivity (Wildman–Crippen MR) is 52.9 cm³/mol. The Morgan fingerprint density at radius 2 is 1.93 bits per heavy atom. The number of nitrogens with zero attached hydrogens (tertiary/aromatic N) is 1. The molecule has 0 spiro atoms. The van der Waals surface area contributed by atoms with Crippen molar-refractivity contribution in [3.05, 3.63) is 0 Å². The van der Waals surface area contributed by atoms with E-state index in [1.54, 1.807) is 0 Å². The van der Waals surface area contributed by atoms with Crippen molar-refractivity contribution in [2.75, 3.05) is 14.2 Å². The molecule has 0 atom stereocenters. The lowest BCUT2D eigenvalue weighted by Crippen LogP contribution is -2.36. The van der Waals surface area contributed by atoms with Crippen LogP contribution in [0.1, 0.15) is 32.1 Å². The summed E-state index contributed by atoms with van der Waals surface area (Å²) in [6.45, 7) is 0. The van der Waals surface area contributed by atoms with Crippen LogP contribution in [0, 0.1) is 5.41 Å². The highest BCUT2D eigenvalue weighted by Gasteiger charge is 2.43. The van der Waals surface area contributed by atoms with Crippen LogP contribution in [0.4, 0.5) is 0 Å². The number of rotatable bonds is 4. The molecule has 0 aromatic rings. The standard InChI is InChI=1S/C10H17NO4/c1-11(15-2)8(12)7-10(9(13)14)5-3-4-6-10/h3-7H2,1-2H3,(H,13,14). The summed E-state index contributed by atoms with van der Waals surface area (Å²) in [6, 6.07) is 0. The molecule has 15 heavy (non-hydrogen) atoms. The summed E-state index contributed by atoms with van der Waals surface area (Å²) in [5, 5.41) is 10.2. The zero-order valence-electron chi connectivity index (χ0n) is 9.15. The SMILES string of the molecule is CON(C)C(=O)CC1(C(=O)O)CCCC1. The summed E-state index contributed by atoms with van der Waals surface area (Å²) < 4.78 is 0. The normalized spacial score (nSPS) is 18.8. The first kappa shape index (κ1) is 12.0. The van der Waals surface area contributed by atoms with Crippen molar-refractivity contribution in [2.24, 2.45) is 5.41 Å². The van der Waals surface area contributed by atoms with Gasteiger partial charge in [0.2, 0.25) is 5.91 Å². The Balaban J connectivity index is 2.67. The van der Waals surface area contributed by atoms with Gasteiger partial charge in [-0.15, -0.1) is 0 Å². The minimum absolute atomic E-state index is 0.0344. The summed E-state index contributed by atoms with van der Waals surface area (Å²) in [5.41, 5.74) is -0.857. The number of carbonyl (C=O) groups excluding carboxylic acids is 1. The topological polar surface area (TPSA) is 66.8 Å². The van der Waals surface area contributed by atoms with E-state index in [0.29, 0.717) is 12.8 Å². The van der Waals surface area contributed by atoms with Gasteiger partial charge in [-0.25, -0.2) is 5.06 Å². The van der Waals surface area contributed by atoms with Crippen LogP contribution < -0.4 is 0 Å². The van der Waals surface area contributed by atoms with E-state index in [0.717, 1.165) is 17.9 Å². The average Bonchev–Trinajstić information content (AvgIpc) is 2.66. The van der Waals surface area contributed by atoms with E-state index in [4.69, 9.17) is 9.94 Å². The third-order valence-corrected chi connectivity index (χ3v) is 3.13. The molecule has 1 aliphatic carbocycles. The maximum Gasteiger partial charge on any atom is 0.310 e. The molecule has 86 valence electrons. The molecule has 5 heteroatoms. The van der Waals surface area contributed by atoms with Gasteiger partial charge in [-0.05, 0) is 12.8 Å². The zero-order chi connectivity index (χ0) is 11.5. The molecule has 0 radical (unpaired) electrons. The zero-order valence-corrected chi connectivity index (χ0v) is 9.15. The second-order valence-corrected chi connectivity index (χ2v) is 4.04. The van der Waals surface area contributed by atoms with Crippen LogP contribution in [0.15, 0.2) is 0 Å². The summed E-state index contributed by atoms with van der Waals surface area (Å²) in [5.74, 6) is -1.14. The molecule has 5 nitrogen and oxygen atoms in total. The highest BCUT2D eigenvalue weighted by molar-refractivity contribution is 5.84. The first-order valence-corrected chi connectivity index (χ1v) is 5.06. The number of hydrogen-bond donors (Lipinski definition) is 1. The number of carbonyl (C=O) groups is 2. The van der Waals surface area contributed by atoms with Crippen molar-refractivity contribution in [3.8, 4) is 0 Å². The third-order valence-electron chi connectivity index (χ3n) is 3.13. The molecular weight excluding hydrogens is 198 g/mol. The Labute approximate surface area is 89.0 Å². The number of carboxylic acid groups (broad SMARTS) is 1. The lowest BCUT2D eigenvalue weighted by Gasteiger charge is -2.25. The van der Waals surface area contributed by atoms with Crippen LogP contribution in [0.3, 0.4) is 0 Å². The molecule has 1 fully saturated rings. The van der Waals surface area contributed by atoms with Gasteiger partial charge in [0.25, 0.3) is 0 Å². The van der Waals surface area contributed by atoms with Crippen molar-refractivity contribution >= 4 is 11.9 Å². The Kier molecular flexibility index (Phi) is 3.68. The maximum absolute atomic E-state index is 11.6. The fraction of sp³-hybridized carbons (Fsp3) is 0.800. The molecule has 0 bridgehead atoms. The van der Waals surface area contributed by atoms with Crippen molar-refractivity contribution in [1.82, 2.24) is 5.06 Å². The largest absolute Gasteiger partial charge is 0.481 e. The second kappa shape index (κ2) is 4.61. The van der Waals surface area contributed by atoms with E-state index in [-0.39, 0.29) is 12.3 Å². The van der Waals surface area contributed by atoms with Gasteiger partial charge in [-0.1, -0.05) is 12.8 Å². The second-order valence-electron chi connectivity index (χ2n) is 4.04. The molecule has 0 saturated heterocycles. The highest BCUT2D eigenvalue weighted by Crippen LogP contribution is 2.41. The third kappa shape index (κ3) is 2.47. The van der Waals surface area contributed by atoms with Gasteiger partial charge in [-0.3, -0.25) is 14.4 Å². The molecule has 1 N–H and O–H groups in total. The minimum atomic E-state index is -0.863. The van der Waals surface area contributed by atoms with Crippen molar-refractivity contribution in [1.29, 1.82) is 0 Å². The number of carboxylic acids is 1. The van der Waals surface area contributed by atoms with E-state index in [9.17, 15) is 9.59 Å². The maximum atomic E-state index is 11.6. The van der Waals surface area contributed by atoms with Crippen LogP contribution in [-0.2, 0) is 14.4 Å². The molecule has 0 aromatic heterocycles. The molecule has 1 amide bonds. The van der Waals surface area contributed by atoms with Crippen molar-refractivity contribution < 1.29 is 19.5 Å². The van der Waals surface area contributed by atoms with Gasteiger partial charge < -0.3 is 5.11 Å². The highest BCUT2D eigenvalue weighted by atomic mass is 16.7. The first-order chi connectivity index (χ1) is 7.02. The lowest BCUT2D eigenvalue weighted by atomic mass is 9.82. The Hall–Kier alpha value is -1.10. The molecule has 0 aliphatic heterocycles. The molecule has 1 saturated carbocycles. The van der Waals surface area contributed by atoms with Gasteiger partial charge in [0.1, 0.15) is 0 Å². The fourth-order valence-corrected chi connectivity index (χ4v) is 2.02. The van der Waals surface area contributed by atoms with E-state index in [1.165, 1.54) is 14.2 Å². The average molecular weight is 215 g/mol. The fourth-order valence-electron chi connectivity index (χ4n) is 2.02. The smallest absolute Gasteiger partial charge is 0.310 e. The van der Waals surface area contributed by atoms with Gasteiger partial charge in [0.05, 0.1) is 12.5 Å². The van der Waals surface area contributed by atoms with E-state index in [1.807, 2.05) is 0 Å². The number of hydroxylamine groups is 2. The molecule has 0 aromatic carbocycles. The van der Waals surface area contributed by atoms with Crippen LogP contribution in [-0.4, -0.2) is 36.2 Å².